The first kappa shape index (κ1) is 17.3. The van der Waals surface area contributed by atoms with Crippen molar-refractivity contribution >= 4 is 26.8 Å². The van der Waals surface area contributed by atoms with Gasteiger partial charge in [0.05, 0.1) is 0 Å². The molecule has 1 N–H and O–H groups in total. The lowest BCUT2D eigenvalue weighted by Gasteiger charge is -2.33. The summed E-state index contributed by atoms with van der Waals surface area (Å²) in [4.78, 5) is 13.6. The zero-order chi connectivity index (χ0) is 16.2. The SMILES string of the molecule is CC(C)(C)C1CCCCC1.O=c1ccc2cc(Br)ccc2[nH]1. The van der Waals surface area contributed by atoms with Gasteiger partial charge < -0.3 is 4.98 Å². The summed E-state index contributed by atoms with van der Waals surface area (Å²) in [5.74, 6) is 1.00. The molecule has 1 aliphatic rings. The van der Waals surface area contributed by atoms with E-state index in [0.717, 1.165) is 21.3 Å². The standard InChI is InChI=1S/C10H20.C9H6BrNO/c1-10(2,3)9-7-5-4-6-8-9;10-7-2-3-8-6(5-7)1-4-9(12)11-8/h9H,4-8H2,1-3H3;1-5H,(H,11,12). The van der Waals surface area contributed by atoms with E-state index >= 15 is 0 Å². The maximum atomic E-state index is 10.9. The highest BCUT2D eigenvalue weighted by Crippen LogP contribution is 2.37. The molecular weight excluding hydrogens is 338 g/mol. The number of aromatic nitrogens is 1. The van der Waals surface area contributed by atoms with Crippen molar-refractivity contribution in [3.8, 4) is 0 Å². The smallest absolute Gasteiger partial charge is 0.248 e. The van der Waals surface area contributed by atoms with E-state index in [1.807, 2.05) is 18.2 Å². The molecule has 1 aromatic carbocycles. The molecule has 1 aliphatic carbocycles. The summed E-state index contributed by atoms with van der Waals surface area (Å²) in [5, 5.41) is 1.03. The Hall–Kier alpha value is -1.09. The van der Waals surface area contributed by atoms with Gasteiger partial charge in [-0.3, -0.25) is 4.79 Å². The van der Waals surface area contributed by atoms with Crippen LogP contribution in [0.15, 0.2) is 39.6 Å². The van der Waals surface area contributed by atoms with Gasteiger partial charge in [0, 0.05) is 16.1 Å². The van der Waals surface area contributed by atoms with E-state index in [1.54, 1.807) is 6.07 Å². The van der Waals surface area contributed by atoms with Gasteiger partial charge in [-0.05, 0) is 53.8 Å². The number of rotatable bonds is 0. The predicted molar refractivity (Wildman–Crippen MR) is 98.3 cm³/mol. The lowest BCUT2D eigenvalue weighted by Crippen LogP contribution is -2.22. The van der Waals surface area contributed by atoms with Crippen LogP contribution in [0.3, 0.4) is 0 Å². The van der Waals surface area contributed by atoms with Gasteiger partial charge in [-0.2, -0.15) is 0 Å². The second-order valence-electron chi connectivity index (χ2n) is 7.26. The van der Waals surface area contributed by atoms with E-state index < -0.39 is 0 Å². The predicted octanol–water partition coefficient (Wildman–Crippen LogP) is 5.90. The topological polar surface area (TPSA) is 32.9 Å². The van der Waals surface area contributed by atoms with Crippen molar-refractivity contribution < 1.29 is 0 Å². The van der Waals surface area contributed by atoms with Gasteiger partial charge in [0.1, 0.15) is 0 Å². The molecule has 22 heavy (non-hydrogen) atoms. The molecule has 1 heterocycles. The molecule has 2 nitrogen and oxygen atoms in total. The van der Waals surface area contributed by atoms with Crippen LogP contribution in [-0.2, 0) is 0 Å². The highest BCUT2D eigenvalue weighted by atomic mass is 79.9. The molecule has 0 spiro atoms. The van der Waals surface area contributed by atoms with Crippen LogP contribution in [0.25, 0.3) is 10.9 Å². The van der Waals surface area contributed by atoms with Crippen molar-refractivity contribution in [2.75, 3.05) is 0 Å². The van der Waals surface area contributed by atoms with Crippen LogP contribution in [-0.4, -0.2) is 4.98 Å². The lowest BCUT2D eigenvalue weighted by molar-refractivity contribution is 0.180. The van der Waals surface area contributed by atoms with Gasteiger partial charge in [0.25, 0.3) is 0 Å². The molecule has 0 amide bonds. The molecular formula is C19H26BrNO. The highest BCUT2D eigenvalue weighted by Gasteiger charge is 2.25. The van der Waals surface area contributed by atoms with Crippen molar-refractivity contribution in [3.05, 3.63) is 45.2 Å². The molecule has 0 aliphatic heterocycles. The Labute approximate surface area is 141 Å². The molecule has 1 fully saturated rings. The Bertz CT molecular complexity index is 663. The number of pyridine rings is 1. The first-order valence-electron chi connectivity index (χ1n) is 8.15. The molecule has 1 aromatic heterocycles. The van der Waals surface area contributed by atoms with Crippen LogP contribution >= 0.6 is 15.9 Å². The minimum Gasteiger partial charge on any atom is -0.322 e. The van der Waals surface area contributed by atoms with Crippen LogP contribution in [0.2, 0.25) is 0 Å². The van der Waals surface area contributed by atoms with E-state index in [4.69, 9.17) is 0 Å². The fraction of sp³-hybridized carbons (Fsp3) is 0.526. The van der Waals surface area contributed by atoms with Crippen molar-refractivity contribution in [2.45, 2.75) is 52.9 Å². The molecule has 0 saturated heterocycles. The first-order valence-corrected chi connectivity index (χ1v) is 8.94. The number of hydrogen-bond donors (Lipinski definition) is 1. The molecule has 0 bridgehead atoms. The minimum atomic E-state index is -0.0650. The molecule has 120 valence electrons. The lowest BCUT2D eigenvalue weighted by atomic mass is 9.72. The molecule has 0 unspecified atom stereocenters. The van der Waals surface area contributed by atoms with Gasteiger partial charge >= 0.3 is 0 Å². The van der Waals surface area contributed by atoms with Crippen LogP contribution in [0, 0.1) is 11.3 Å². The molecule has 0 radical (unpaired) electrons. The van der Waals surface area contributed by atoms with Crippen molar-refractivity contribution in [2.24, 2.45) is 11.3 Å². The molecule has 3 heteroatoms. The van der Waals surface area contributed by atoms with E-state index in [0.29, 0.717) is 5.41 Å². The number of fused-ring (bicyclic) bond motifs is 1. The zero-order valence-electron chi connectivity index (χ0n) is 13.8. The highest BCUT2D eigenvalue weighted by molar-refractivity contribution is 9.10. The Kier molecular flexibility index (Phi) is 5.85. The Morgan fingerprint density at radius 3 is 2.32 bits per heavy atom. The molecule has 2 aromatic rings. The molecule has 1 saturated carbocycles. The normalized spacial score (nSPS) is 16.2. The van der Waals surface area contributed by atoms with Crippen LogP contribution in [0.1, 0.15) is 52.9 Å². The number of hydrogen-bond acceptors (Lipinski definition) is 1. The van der Waals surface area contributed by atoms with Crippen molar-refractivity contribution in [3.63, 3.8) is 0 Å². The van der Waals surface area contributed by atoms with Gasteiger partial charge in [0.2, 0.25) is 5.56 Å². The molecule has 0 atom stereocenters. The number of benzene rings is 1. The Morgan fingerprint density at radius 1 is 1.05 bits per heavy atom. The molecule has 3 rings (SSSR count). The van der Waals surface area contributed by atoms with Crippen LogP contribution in [0.5, 0.6) is 0 Å². The van der Waals surface area contributed by atoms with Crippen molar-refractivity contribution in [1.82, 2.24) is 4.98 Å². The quantitative estimate of drug-likeness (QED) is 0.620. The summed E-state index contributed by atoms with van der Waals surface area (Å²) in [6.45, 7) is 7.13. The third kappa shape index (κ3) is 4.98. The largest absolute Gasteiger partial charge is 0.322 e. The Morgan fingerprint density at radius 2 is 1.73 bits per heavy atom. The van der Waals surface area contributed by atoms with E-state index in [1.165, 1.54) is 38.2 Å². The first-order chi connectivity index (χ1) is 10.4. The monoisotopic (exact) mass is 363 g/mol. The second kappa shape index (κ2) is 7.45. The summed E-state index contributed by atoms with van der Waals surface area (Å²) in [5.41, 5.74) is 1.37. The maximum absolute atomic E-state index is 10.9. The van der Waals surface area contributed by atoms with Gasteiger partial charge in [-0.15, -0.1) is 0 Å². The van der Waals surface area contributed by atoms with Crippen LogP contribution in [0.4, 0.5) is 0 Å². The summed E-state index contributed by atoms with van der Waals surface area (Å²) in [6, 6.07) is 9.07. The number of aromatic amines is 1. The van der Waals surface area contributed by atoms with Gasteiger partial charge in [0.15, 0.2) is 0 Å². The number of halogens is 1. The second-order valence-corrected chi connectivity index (χ2v) is 8.17. The summed E-state index contributed by atoms with van der Waals surface area (Å²) < 4.78 is 1.02. The van der Waals surface area contributed by atoms with Gasteiger partial charge in [-0.1, -0.05) is 56.0 Å². The van der Waals surface area contributed by atoms with E-state index in [9.17, 15) is 4.79 Å². The third-order valence-electron chi connectivity index (χ3n) is 4.52. The fourth-order valence-electron chi connectivity index (χ4n) is 3.09. The van der Waals surface area contributed by atoms with Crippen LogP contribution < -0.4 is 5.56 Å². The maximum Gasteiger partial charge on any atom is 0.248 e. The average Bonchev–Trinajstić information content (AvgIpc) is 2.48. The zero-order valence-corrected chi connectivity index (χ0v) is 15.4. The summed E-state index contributed by atoms with van der Waals surface area (Å²) in [6.07, 6.45) is 7.38. The number of nitrogens with one attached hydrogen (secondary N) is 1. The minimum absolute atomic E-state index is 0.0650. The van der Waals surface area contributed by atoms with Gasteiger partial charge in [-0.25, -0.2) is 0 Å². The number of H-pyrrole nitrogens is 1. The fourth-order valence-corrected chi connectivity index (χ4v) is 3.47. The third-order valence-corrected chi connectivity index (χ3v) is 5.01. The average molecular weight is 364 g/mol. The summed E-state index contributed by atoms with van der Waals surface area (Å²) >= 11 is 3.36. The van der Waals surface area contributed by atoms with Crippen molar-refractivity contribution in [1.29, 1.82) is 0 Å². The van der Waals surface area contributed by atoms with E-state index in [-0.39, 0.29) is 5.56 Å². The Balaban J connectivity index is 0.000000164. The summed E-state index contributed by atoms with van der Waals surface area (Å²) in [7, 11) is 0. The van der Waals surface area contributed by atoms with E-state index in [2.05, 4.69) is 41.7 Å².